The lowest BCUT2D eigenvalue weighted by Gasteiger charge is -2.31. The lowest BCUT2D eigenvalue weighted by Crippen LogP contribution is -2.53. The van der Waals surface area contributed by atoms with E-state index >= 15 is 0 Å². The summed E-state index contributed by atoms with van der Waals surface area (Å²) in [7, 11) is 2.98. The van der Waals surface area contributed by atoms with E-state index in [-0.39, 0.29) is 108 Å². The number of para-hydroxylation sites is 1. The Hall–Kier alpha value is -11.3. The highest BCUT2D eigenvalue weighted by Gasteiger charge is 2.58. The van der Waals surface area contributed by atoms with Gasteiger partial charge in [0.1, 0.15) is 18.7 Å². The number of guanidine groups is 1. The molecule has 107 heavy (non-hydrogen) atoms. The standard InChI is InChI=1S/C81H96N12O14/c1-49(2)73(89-71(95)21-13-14-34-84-70(94)30-31-72(96)91(63-20-12-10-18-51(63)4)45-56-19-11-9-17-50(56)3)75(98)87-52(5)74(97)88-58-28-24-54(25-29-58)47-107-80(102)93-64-41-69(67(104-7)39-61(64)77(100)92-48-81(32-33-81)42-65(92)78(93)101)106-36-16-8-15-35-105-68-40-62-60(38-66(68)103-6)76(99)90-46-57(37-59(90)44-85-62)55-26-22-53(23-27-55)43-86-79(82)83/h9-12,17-20,22-29,38-41,44,46,49,52,59,65,73,78,101H,8,13-16,21,30-37,42-43,45,47-48H2,1-7H3,(H,84,94)(H,87,98)(H,88,97)(H,89,95)(H4,82,83,86)/t52-,59-,65-,73-,78?/m0/s1. The van der Waals surface area contributed by atoms with Crippen LogP contribution in [0.25, 0.3) is 5.57 Å². The topological polar surface area (TPSA) is 338 Å². The van der Waals surface area contributed by atoms with Crippen LogP contribution in [0.1, 0.15) is 152 Å². The molecule has 11 rings (SSSR count). The molecule has 0 radical (unpaired) electrons. The van der Waals surface area contributed by atoms with Crippen molar-refractivity contribution in [1.29, 1.82) is 5.41 Å². The molecule has 1 spiro atoms. The molecule has 564 valence electrons. The second-order valence-electron chi connectivity index (χ2n) is 28.4. The molecule has 1 saturated carbocycles. The molecule has 1 unspecified atom stereocenters. The van der Waals surface area contributed by atoms with Crippen molar-refractivity contribution in [2.75, 3.05) is 55.6 Å². The Kier molecular flexibility index (Phi) is 25.0. The molecule has 9 N–H and O–H groups in total. The number of aryl methyl sites for hydroxylation is 2. The third-order valence-electron chi connectivity index (χ3n) is 20.3. The number of unbranched alkanes of at least 4 members (excludes halogenated alkanes) is 3. The Bertz CT molecular complexity index is 4370. The van der Waals surface area contributed by atoms with Crippen molar-refractivity contribution in [3.8, 4) is 23.0 Å². The molecule has 6 aromatic rings. The number of nitrogens with one attached hydrogen (secondary N) is 6. The van der Waals surface area contributed by atoms with Gasteiger partial charge in [-0.1, -0.05) is 92.7 Å². The van der Waals surface area contributed by atoms with E-state index in [2.05, 4.69) is 26.6 Å². The van der Waals surface area contributed by atoms with Gasteiger partial charge in [0, 0.05) is 81.2 Å². The quantitative estimate of drug-likeness (QED) is 0.0111. The van der Waals surface area contributed by atoms with E-state index < -0.39 is 42.3 Å². The number of nitrogens with two attached hydrogens (primary N) is 1. The normalized spacial score (nSPS) is 17.0. The maximum absolute atomic E-state index is 14.5. The molecule has 2 fully saturated rings. The molecule has 5 aliphatic rings. The van der Waals surface area contributed by atoms with Gasteiger partial charge in [-0.05, 0) is 153 Å². The number of carbonyl (C=O) groups excluding carboxylic acids is 8. The van der Waals surface area contributed by atoms with Crippen LogP contribution in [0.15, 0.2) is 133 Å². The lowest BCUT2D eigenvalue weighted by atomic mass is 10.0. The van der Waals surface area contributed by atoms with Crippen LogP contribution in [0.4, 0.5) is 27.5 Å². The van der Waals surface area contributed by atoms with Gasteiger partial charge >= 0.3 is 6.09 Å². The number of aliphatic imine (C=N–C) groups is 1. The molecule has 4 aliphatic heterocycles. The van der Waals surface area contributed by atoms with Crippen LogP contribution in [-0.4, -0.2) is 145 Å². The van der Waals surface area contributed by atoms with Crippen LogP contribution in [0.3, 0.4) is 0 Å². The van der Waals surface area contributed by atoms with Crippen molar-refractivity contribution in [2.45, 2.75) is 162 Å². The first-order chi connectivity index (χ1) is 51.5. The number of hydrogen-bond donors (Lipinski definition) is 8. The molecule has 4 heterocycles. The van der Waals surface area contributed by atoms with Crippen LogP contribution >= 0.6 is 0 Å². The number of ether oxygens (including phenoxy) is 5. The summed E-state index contributed by atoms with van der Waals surface area (Å²) in [4.78, 5) is 121. The number of methoxy groups -OCH3 is 2. The van der Waals surface area contributed by atoms with Gasteiger partial charge < -0.3 is 75.8 Å². The average molecular weight is 1460 g/mol. The molecule has 0 aromatic heterocycles. The van der Waals surface area contributed by atoms with E-state index in [1.807, 2.05) is 92.8 Å². The molecular formula is C81H96N12O14. The number of rotatable bonds is 32. The SMILES string of the molecule is COc1cc2c(cc1OCCCCCOc1cc3c(cc1OC)C(=O)N1CC4(CC4)C[C@H]1C(O)N3C(=O)OCc1ccc(NC(=O)[C@H](C)NC(=O)[C@@H](NC(=O)CCCCNC(=O)CCC(=O)N(Cc3ccccc3C)c3ccccc3C)C(C)C)cc1)N=C[C@@H]1CC(c3ccc(CNC(=N)N)cc3)=CN1C2=O. The van der Waals surface area contributed by atoms with Crippen LogP contribution < -0.4 is 61.1 Å². The summed E-state index contributed by atoms with van der Waals surface area (Å²) < 4.78 is 29.9. The lowest BCUT2D eigenvalue weighted by molar-refractivity contribution is -0.131. The predicted octanol–water partition coefficient (Wildman–Crippen LogP) is 10.3. The van der Waals surface area contributed by atoms with Crippen molar-refractivity contribution >= 4 is 87.9 Å². The number of nitrogens with zero attached hydrogens (tertiary/aromatic N) is 5. The van der Waals surface area contributed by atoms with Gasteiger partial charge in [-0.15, -0.1) is 0 Å². The number of amides is 8. The maximum atomic E-state index is 14.5. The summed E-state index contributed by atoms with van der Waals surface area (Å²) in [5.41, 5.74) is 14.1. The number of carbonyl (C=O) groups is 8. The van der Waals surface area contributed by atoms with Gasteiger partial charge in [0.2, 0.25) is 29.5 Å². The third-order valence-corrected chi connectivity index (χ3v) is 20.3. The highest BCUT2D eigenvalue weighted by Crippen LogP contribution is 2.57. The van der Waals surface area contributed by atoms with Gasteiger partial charge in [-0.3, -0.25) is 44.0 Å². The molecule has 5 atom stereocenters. The Morgan fingerprint density at radius 2 is 1.39 bits per heavy atom. The maximum Gasteiger partial charge on any atom is 0.416 e. The van der Waals surface area contributed by atoms with E-state index in [9.17, 15) is 43.5 Å². The van der Waals surface area contributed by atoms with E-state index in [0.717, 1.165) is 56.8 Å². The molecule has 1 aliphatic carbocycles. The fraction of sp³-hybridized carbons (Fsp3) is 0.407. The number of hydrogen-bond acceptors (Lipinski definition) is 16. The van der Waals surface area contributed by atoms with Gasteiger partial charge in [-0.2, -0.15) is 0 Å². The summed E-state index contributed by atoms with van der Waals surface area (Å²) in [5.74, 6) is -1.53. The fourth-order valence-corrected chi connectivity index (χ4v) is 13.9. The van der Waals surface area contributed by atoms with Gasteiger partial charge in [0.15, 0.2) is 35.2 Å². The van der Waals surface area contributed by atoms with E-state index in [0.29, 0.717) is 112 Å². The first-order valence-electron chi connectivity index (χ1n) is 36.6. The predicted molar refractivity (Wildman–Crippen MR) is 406 cm³/mol. The number of aliphatic hydroxyl groups is 1. The summed E-state index contributed by atoms with van der Waals surface area (Å²) in [5, 5.41) is 33.6. The molecule has 6 aromatic carbocycles. The van der Waals surface area contributed by atoms with Crippen molar-refractivity contribution in [3.63, 3.8) is 0 Å². The van der Waals surface area contributed by atoms with E-state index in [1.165, 1.54) is 33.3 Å². The van der Waals surface area contributed by atoms with Crippen molar-refractivity contribution in [1.82, 2.24) is 31.1 Å². The van der Waals surface area contributed by atoms with Crippen molar-refractivity contribution in [2.24, 2.45) is 22.1 Å². The van der Waals surface area contributed by atoms with Crippen LogP contribution in [-0.2, 0) is 48.4 Å². The highest BCUT2D eigenvalue weighted by atomic mass is 16.6. The van der Waals surface area contributed by atoms with Crippen molar-refractivity contribution < 1.29 is 67.1 Å². The Morgan fingerprint density at radius 3 is 2.07 bits per heavy atom. The number of benzene rings is 6. The Morgan fingerprint density at radius 1 is 0.720 bits per heavy atom. The number of anilines is 3. The monoisotopic (exact) mass is 1460 g/mol. The molecular weight excluding hydrogens is 1360 g/mol. The Labute approximate surface area is 623 Å². The van der Waals surface area contributed by atoms with Crippen LogP contribution in [0.5, 0.6) is 23.0 Å². The molecule has 8 amide bonds. The zero-order valence-corrected chi connectivity index (χ0v) is 61.7. The minimum absolute atomic E-state index is 0.00426. The number of aliphatic hydroxyl groups excluding tert-OH is 1. The van der Waals surface area contributed by atoms with E-state index in [4.69, 9.17) is 39.8 Å². The average Bonchev–Trinajstić information content (AvgIpc) is 1.57. The van der Waals surface area contributed by atoms with Crippen LogP contribution in [0.2, 0.25) is 0 Å². The van der Waals surface area contributed by atoms with E-state index in [1.54, 1.807) is 71.2 Å². The molecule has 1 saturated heterocycles. The molecule has 0 bridgehead atoms. The van der Waals surface area contributed by atoms with Crippen LogP contribution in [0, 0.1) is 30.6 Å². The largest absolute Gasteiger partial charge is 0.493 e. The first kappa shape index (κ1) is 76.8. The zero-order valence-electron chi connectivity index (χ0n) is 61.7. The number of fused-ring (bicyclic) bond motifs is 4. The first-order valence-corrected chi connectivity index (χ1v) is 36.6. The summed E-state index contributed by atoms with van der Waals surface area (Å²) >= 11 is 0. The molecule has 26 heteroatoms. The van der Waals surface area contributed by atoms with Gasteiger partial charge in [0.05, 0.1) is 68.6 Å². The van der Waals surface area contributed by atoms with Crippen molar-refractivity contribution in [3.05, 3.63) is 172 Å². The summed E-state index contributed by atoms with van der Waals surface area (Å²) in [6.07, 6.45) is 7.06. The second kappa shape index (κ2) is 34.8. The minimum atomic E-state index is -1.47. The summed E-state index contributed by atoms with van der Waals surface area (Å²) in [6, 6.07) is 33.5. The minimum Gasteiger partial charge on any atom is -0.493 e. The smallest absolute Gasteiger partial charge is 0.416 e. The van der Waals surface area contributed by atoms with Gasteiger partial charge in [0.25, 0.3) is 11.8 Å². The van der Waals surface area contributed by atoms with Gasteiger partial charge in [-0.25, -0.2) is 9.69 Å². The highest BCUT2D eigenvalue weighted by molar-refractivity contribution is 6.07. The second-order valence-corrected chi connectivity index (χ2v) is 28.4. The fourth-order valence-electron chi connectivity index (χ4n) is 13.9. The zero-order chi connectivity index (χ0) is 76.1. The Balaban J connectivity index is 0.626. The third kappa shape index (κ3) is 18.9. The summed E-state index contributed by atoms with van der Waals surface area (Å²) in [6.45, 7) is 10.9. The molecule has 26 nitrogen and oxygen atoms in total.